The van der Waals surface area contributed by atoms with Crippen LogP contribution in [0.3, 0.4) is 0 Å². The van der Waals surface area contributed by atoms with Crippen molar-refractivity contribution in [2.75, 3.05) is 19.7 Å². The zero-order chi connectivity index (χ0) is 14.8. The quantitative estimate of drug-likeness (QED) is 0.818. The van der Waals surface area contributed by atoms with E-state index in [2.05, 4.69) is 0 Å². The fourth-order valence-corrected chi connectivity index (χ4v) is 3.50. The highest BCUT2D eigenvalue weighted by Crippen LogP contribution is 2.34. The summed E-state index contributed by atoms with van der Waals surface area (Å²) in [7, 11) is 0. The molecule has 2 amide bonds. The molecule has 0 aromatic rings. The summed E-state index contributed by atoms with van der Waals surface area (Å²) in [6.07, 6.45) is 4.38. The molecule has 0 spiro atoms. The Labute approximate surface area is 119 Å². The maximum atomic E-state index is 12.7. The fraction of sp³-hybridized carbons (Fsp3) is 0.857. The molecule has 2 saturated heterocycles. The first-order valence-electron chi connectivity index (χ1n) is 7.49. The zero-order valence-corrected chi connectivity index (χ0v) is 12.0. The van der Waals surface area contributed by atoms with Gasteiger partial charge in [-0.3, -0.25) is 0 Å². The minimum Gasteiger partial charge on any atom is -0.479 e. The number of carboxylic acid groups (broad SMARTS) is 1. The molecular weight excluding hydrogens is 260 g/mol. The first-order valence-corrected chi connectivity index (χ1v) is 7.49. The summed E-state index contributed by atoms with van der Waals surface area (Å²) in [4.78, 5) is 27.6. The molecule has 2 aliphatic rings. The number of aliphatic hydroxyl groups excluding tert-OH is 1. The molecule has 0 aromatic carbocycles. The number of hydrogen-bond donors (Lipinski definition) is 2. The Morgan fingerprint density at radius 2 is 2.00 bits per heavy atom. The normalized spacial score (nSPS) is 30.6. The van der Waals surface area contributed by atoms with Crippen molar-refractivity contribution in [2.45, 2.75) is 57.0 Å². The van der Waals surface area contributed by atoms with Gasteiger partial charge < -0.3 is 20.0 Å². The minimum absolute atomic E-state index is 0.0498. The number of aliphatic hydroxyl groups is 1. The number of carboxylic acids is 1. The average Bonchev–Trinajstić information content (AvgIpc) is 2.91. The Morgan fingerprint density at radius 3 is 2.60 bits per heavy atom. The maximum absolute atomic E-state index is 12.7. The van der Waals surface area contributed by atoms with Gasteiger partial charge in [0, 0.05) is 13.1 Å². The summed E-state index contributed by atoms with van der Waals surface area (Å²) < 4.78 is 0. The Kier molecular flexibility index (Phi) is 4.52. The van der Waals surface area contributed by atoms with Crippen LogP contribution in [0.2, 0.25) is 0 Å². The van der Waals surface area contributed by atoms with Crippen LogP contribution < -0.4 is 0 Å². The first-order chi connectivity index (χ1) is 9.56. The number of aliphatic carboxylic acids is 1. The molecule has 2 fully saturated rings. The van der Waals surface area contributed by atoms with Crippen molar-refractivity contribution in [2.24, 2.45) is 0 Å². The lowest BCUT2D eigenvalue weighted by atomic mass is 9.93. The monoisotopic (exact) mass is 284 g/mol. The average molecular weight is 284 g/mol. The second-order valence-electron chi connectivity index (χ2n) is 5.75. The number of piperidine rings is 1. The van der Waals surface area contributed by atoms with Gasteiger partial charge in [0.05, 0.1) is 12.6 Å². The predicted molar refractivity (Wildman–Crippen MR) is 73.4 cm³/mol. The molecule has 2 N–H and O–H groups in total. The summed E-state index contributed by atoms with van der Waals surface area (Å²) in [5.41, 5.74) is -1.06. The Bertz CT molecular complexity index is 387. The second-order valence-corrected chi connectivity index (χ2v) is 5.75. The van der Waals surface area contributed by atoms with Crippen molar-refractivity contribution in [3.05, 3.63) is 0 Å². The number of carbonyl (C=O) groups is 2. The molecule has 2 unspecified atom stereocenters. The number of urea groups is 1. The molecule has 0 aliphatic carbocycles. The van der Waals surface area contributed by atoms with Crippen LogP contribution in [0.25, 0.3) is 0 Å². The zero-order valence-electron chi connectivity index (χ0n) is 12.0. The fourth-order valence-electron chi connectivity index (χ4n) is 3.50. The molecule has 2 rings (SSSR count). The van der Waals surface area contributed by atoms with Crippen molar-refractivity contribution in [1.29, 1.82) is 0 Å². The smallest absolute Gasteiger partial charge is 0.329 e. The molecule has 2 heterocycles. The van der Waals surface area contributed by atoms with Crippen LogP contribution in [0.15, 0.2) is 0 Å². The molecule has 0 saturated carbocycles. The van der Waals surface area contributed by atoms with E-state index in [0.29, 0.717) is 25.9 Å². The van der Waals surface area contributed by atoms with Crippen molar-refractivity contribution in [1.82, 2.24) is 9.80 Å². The maximum Gasteiger partial charge on any atom is 0.329 e. The summed E-state index contributed by atoms with van der Waals surface area (Å²) in [5, 5.41) is 19.0. The summed E-state index contributed by atoms with van der Waals surface area (Å²) >= 11 is 0. The molecule has 114 valence electrons. The van der Waals surface area contributed by atoms with Crippen molar-refractivity contribution in [3.63, 3.8) is 0 Å². The van der Waals surface area contributed by atoms with Crippen LogP contribution in [0, 0.1) is 0 Å². The van der Waals surface area contributed by atoms with Gasteiger partial charge in [0.25, 0.3) is 0 Å². The van der Waals surface area contributed by atoms with Gasteiger partial charge in [-0.25, -0.2) is 9.59 Å². The molecule has 0 aromatic heterocycles. The van der Waals surface area contributed by atoms with E-state index in [0.717, 1.165) is 25.7 Å². The third-order valence-corrected chi connectivity index (χ3v) is 4.79. The van der Waals surface area contributed by atoms with Crippen LogP contribution in [0.4, 0.5) is 4.79 Å². The second kappa shape index (κ2) is 5.99. The number of amides is 2. The predicted octanol–water partition coefficient (Wildman–Crippen LogP) is 1.28. The van der Waals surface area contributed by atoms with Crippen LogP contribution in [-0.4, -0.2) is 63.3 Å². The van der Waals surface area contributed by atoms with E-state index in [1.54, 1.807) is 4.90 Å². The van der Waals surface area contributed by atoms with Gasteiger partial charge in [0.15, 0.2) is 0 Å². The van der Waals surface area contributed by atoms with Gasteiger partial charge in [-0.05, 0) is 38.5 Å². The Hall–Kier alpha value is -1.30. The molecular formula is C14H24N2O4. The highest BCUT2D eigenvalue weighted by molar-refractivity contribution is 5.87. The molecule has 6 heteroatoms. The number of carbonyl (C=O) groups excluding carboxylic acids is 1. The number of likely N-dealkylation sites (tertiary alicyclic amines) is 2. The van der Waals surface area contributed by atoms with Crippen LogP contribution in [0.1, 0.15) is 45.4 Å². The van der Waals surface area contributed by atoms with E-state index < -0.39 is 11.5 Å². The SMILES string of the molecule is CCC1(C(=O)O)CCCN1C(=O)N1CCCCC1CO. The lowest BCUT2D eigenvalue weighted by molar-refractivity contribution is -0.148. The number of rotatable bonds is 3. The summed E-state index contributed by atoms with van der Waals surface area (Å²) in [6.45, 7) is 2.87. The summed E-state index contributed by atoms with van der Waals surface area (Å²) in [6, 6.07) is -0.384. The third-order valence-electron chi connectivity index (χ3n) is 4.79. The topological polar surface area (TPSA) is 81.1 Å². The first kappa shape index (κ1) is 15.1. The molecule has 20 heavy (non-hydrogen) atoms. The van der Waals surface area contributed by atoms with Gasteiger partial charge in [0.1, 0.15) is 5.54 Å². The lowest BCUT2D eigenvalue weighted by Gasteiger charge is -2.41. The van der Waals surface area contributed by atoms with Crippen LogP contribution >= 0.6 is 0 Å². The van der Waals surface area contributed by atoms with Crippen molar-refractivity contribution >= 4 is 12.0 Å². The van der Waals surface area contributed by atoms with E-state index in [1.807, 2.05) is 6.92 Å². The van der Waals surface area contributed by atoms with Crippen LogP contribution in [-0.2, 0) is 4.79 Å². The molecule has 0 radical (unpaired) electrons. The van der Waals surface area contributed by atoms with Gasteiger partial charge in [-0.15, -0.1) is 0 Å². The highest BCUT2D eigenvalue weighted by atomic mass is 16.4. The lowest BCUT2D eigenvalue weighted by Crippen LogP contribution is -2.59. The molecule has 6 nitrogen and oxygen atoms in total. The van der Waals surface area contributed by atoms with Crippen molar-refractivity contribution < 1.29 is 19.8 Å². The van der Waals surface area contributed by atoms with E-state index in [4.69, 9.17) is 0 Å². The highest BCUT2D eigenvalue weighted by Gasteiger charge is 2.50. The van der Waals surface area contributed by atoms with E-state index in [-0.39, 0.29) is 18.7 Å². The van der Waals surface area contributed by atoms with Gasteiger partial charge in [0.2, 0.25) is 0 Å². The van der Waals surface area contributed by atoms with E-state index in [9.17, 15) is 19.8 Å². The molecule has 0 bridgehead atoms. The standard InChI is InChI=1S/C14H24N2O4/c1-2-14(12(18)19)7-5-9-16(14)13(20)15-8-4-3-6-11(15)10-17/h11,17H,2-10H2,1H3,(H,18,19). The van der Waals surface area contributed by atoms with Crippen molar-refractivity contribution in [3.8, 4) is 0 Å². The Balaban J connectivity index is 2.20. The Morgan fingerprint density at radius 1 is 1.25 bits per heavy atom. The third kappa shape index (κ3) is 2.37. The van der Waals surface area contributed by atoms with Gasteiger partial charge >= 0.3 is 12.0 Å². The van der Waals surface area contributed by atoms with Crippen LogP contribution in [0.5, 0.6) is 0 Å². The van der Waals surface area contributed by atoms with Gasteiger partial charge in [-0.2, -0.15) is 0 Å². The van der Waals surface area contributed by atoms with E-state index >= 15 is 0 Å². The summed E-state index contributed by atoms with van der Waals surface area (Å²) in [5.74, 6) is -0.914. The number of nitrogens with zero attached hydrogens (tertiary/aromatic N) is 2. The van der Waals surface area contributed by atoms with Gasteiger partial charge in [-0.1, -0.05) is 6.92 Å². The number of hydrogen-bond acceptors (Lipinski definition) is 3. The largest absolute Gasteiger partial charge is 0.479 e. The molecule has 2 atom stereocenters. The van der Waals surface area contributed by atoms with E-state index in [1.165, 1.54) is 4.90 Å². The minimum atomic E-state index is -1.06. The molecule has 2 aliphatic heterocycles.